The van der Waals surface area contributed by atoms with Crippen LogP contribution >= 0.6 is 11.8 Å². The number of rotatable bonds is 3. The Morgan fingerprint density at radius 3 is 2.69 bits per heavy atom. The van der Waals surface area contributed by atoms with Crippen LogP contribution in [0.5, 0.6) is 0 Å². The molecule has 3 nitrogen and oxygen atoms in total. The normalized spacial score (nSPS) is 11.7. The van der Waals surface area contributed by atoms with Crippen LogP contribution in [0.1, 0.15) is 11.4 Å². The largest absolute Gasteiger partial charge is 0.477 e. The van der Waals surface area contributed by atoms with Crippen LogP contribution in [0.4, 0.5) is 0 Å². The Morgan fingerprint density at radius 1 is 1.62 bits per heavy atom. The number of H-pyrrole nitrogens is 1. The van der Waals surface area contributed by atoms with E-state index in [1.165, 1.54) is 11.8 Å². The van der Waals surface area contributed by atoms with Gasteiger partial charge < -0.3 is 10.1 Å². The van der Waals surface area contributed by atoms with E-state index >= 15 is 0 Å². The molecule has 0 unspecified atom stereocenters. The number of hydrogen-bond acceptors (Lipinski definition) is 2. The first-order chi connectivity index (χ1) is 6.13. The summed E-state index contributed by atoms with van der Waals surface area (Å²) < 4.78 is 0. The second kappa shape index (κ2) is 4.18. The van der Waals surface area contributed by atoms with E-state index < -0.39 is 5.97 Å². The number of aromatic nitrogens is 1. The third-order valence-electron chi connectivity index (χ3n) is 1.57. The van der Waals surface area contributed by atoms with Gasteiger partial charge in [0.2, 0.25) is 0 Å². The Balaban J connectivity index is 2.91. The molecule has 0 amide bonds. The third-order valence-corrected chi connectivity index (χ3v) is 2.30. The van der Waals surface area contributed by atoms with E-state index in [0.717, 1.165) is 11.4 Å². The number of carboxylic acids is 1. The molecule has 0 saturated heterocycles. The van der Waals surface area contributed by atoms with Gasteiger partial charge in [0.05, 0.1) is 4.91 Å². The molecule has 13 heavy (non-hydrogen) atoms. The molecule has 0 spiro atoms. The molecule has 0 aromatic carbocycles. The van der Waals surface area contributed by atoms with Gasteiger partial charge in [-0.2, -0.15) is 0 Å². The lowest BCUT2D eigenvalue weighted by atomic mass is 10.4. The fraction of sp³-hybridized carbons (Fsp3) is 0.222. The average Bonchev–Trinajstić information content (AvgIpc) is 2.46. The van der Waals surface area contributed by atoms with Gasteiger partial charge in [-0.25, -0.2) is 4.79 Å². The molecule has 0 atom stereocenters. The molecule has 70 valence electrons. The summed E-state index contributed by atoms with van der Waals surface area (Å²) in [6, 6.07) is 3.76. The van der Waals surface area contributed by atoms with Crippen LogP contribution in [-0.4, -0.2) is 22.3 Å². The van der Waals surface area contributed by atoms with Crippen LogP contribution in [0.3, 0.4) is 0 Å². The zero-order valence-electron chi connectivity index (χ0n) is 7.50. The van der Waals surface area contributed by atoms with E-state index in [4.69, 9.17) is 5.11 Å². The fourth-order valence-electron chi connectivity index (χ4n) is 0.959. The summed E-state index contributed by atoms with van der Waals surface area (Å²) >= 11 is 1.22. The van der Waals surface area contributed by atoms with Crippen molar-refractivity contribution in [3.63, 3.8) is 0 Å². The van der Waals surface area contributed by atoms with Gasteiger partial charge in [0, 0.05) is 11.4 Å². The standard InChI is InChI=1S/C9H11NO2S/c1-6-3-4-7(10-6)5-8(13-2)9(11)12/h3-5,10H,1-2H3,(H,11,12)/b8-5-. The summed E-state index contributed by atoms with van der Waals surface area (Å²) in [5, 5.41) is 8.74. The highest BCUT2D eigenvalue weighted by Crippen LogP contribution is 2.15. The lowest BCUT2D eigenvalue weighted by Crippen LogP contribution is -1.95. The van der Waals surface area contributed by atoms with Gasteiger partial charge in [-0.1, -0.05) is 0 Å². The van der Waals surface area contributed by atoms with E-state index in [2.05, 4.69) is 4.98 Å². The van der Waals surface area contributed by atoms with E-state index in [0.29, 0.717) is 4.91 Å². The molecular formula is C9H11NO2S. The Labute approximate surface area is 80.9 Å². The van der Waals surface area contributed by atoms with Crippen molar-refractivity contribution >= 4 is 23.8 Å². The predicted octanol–water partition coefficient (Wildman–Crippen LogP) is 2.11. The van der Waals surface area contributed by atoms with Gasteiger partial charge in [0.1, 0.15) is 0 Å². The fourth-order valence-corrected chi connectivity index (χ4v) is 1.38. The zero-order valence-corrected chi connectivity index (χ0v) is 8.31. The second-order valence-corrected chi connectivity index (χ2v) is 3.46. The molecule has 0 aliphatic carbocycles. The molecule has 0 aliphatic rings. The minimum atomic E-state index is -0.889. The lowest BCUT2D eigenvalue weighted by Gasteiger charge is -1.95. The number of thioether (sulfide) groups is 1. The van der Waals surface area contributed by atoms with Crippen LogP contribution in [0.2, 0.25) is 0 Å². The molecule has 1 aromatic heterocycles. The van der Waals surface area contributed by atoms with Crippen molar-refractivity contribution in [1.82, 2.24) is 4.98 Å². The highest BCUT2D eigenvalue weighted by molar-refractivity contribution is 8.03. The van der Waals surface area contributed by atoms with E-state index in [1.54, 1.807) is 12.3 Å². The smallest absolute Gasteiger partial charge is 0.342 e. The van der Waals surface area contributed by atoms with Crippen molar-refractivity contribution in [2.45, 2.75) is 6.92 Å². The van der Waals surface area contributed by atoms with Crippen molar-refractivity contribution in [3.8, 4) is 0 Å². The van der Waals surface area contributed by atoms with Gasteiger partial charge in [0.15, 0.2) is 0 Å². The monoisotopic (exact) mass is 197 g/mol. The summed E-state index contributed by atoms with van der Waals surface area (Å²) in [6.07, 6.45) is 3.37. The minimum absolute atomic E-state index is 0.335. The molecule has 0 saturated carbocycles. The molecule has 1 aromatic rings. The number of hydrogen-bond donors (Lipinski definition) is 2. The first-order valence-electron chi connectivity index (χ1n) is 3.78. The molecule has 1 rings (SSSR count). The van der Waals surface area contributed by atoms with Crippen LogP contribution in [-0.2, 0) is 4.79 Å². The van der Waals surface area contributed by atoms with E-state index in [9.17, 15) is 4.79 Å². The number of nitrogens with one attached hydrogen (secondary N) is 1. The number of aryl methyl sites for hydroxylation is 1. The van der Waals surface area contributed by atoms with Crippen molar-refractivity contribution in [2.24, 2.45) is 0 Å². The molecule has 1 heterocycles. The maximum absolute atomic E-state index is 10.6. The Hall–Kier alpha value is -1.16. The van der Waals surface area contributed by atoms with Crippen molar-refractivity contribution < 1.29 is 9.90 Å². The minimum Gasteiger partial charge on any atom is -0.477 e. The SMILES string of the molecule is CS/C(=C\c1ccc(C)[nH]1)C(=O)O. The van der Waals surface area contributed by atoms with Gasteiger partial charge in [0.25, 0.3) is 0 Å². The maximum atomic E-state index is 10.6. The van der Waals surface area contributed by atoms with Crippen LogP contribution in [0.25, 0.3) is 6.08 Å². The summed E-state index contributed by atoms with van der Waals surface area (Å²) in [5.74, 6) is -0.889. The van der Waals surface area contributed by atoms with Crippen molar-refractivity contribution in [3.05, 3.63) is 28.4 Å². The van der Waals surface area contributed by atoms with Gasteiger partial charge in [-0.15, -0.1) is 11.8 Å². The van der Waals surface area contributed by atoms with Gasteiger partial charge >= 0.3 is 5.97 Å². The van der Waals surface area contributed by atoms with Crippen LogP contribution in [0.15, 0.2) is 17.0 Å². The predicted molar refractivity (Wildman–Crippen MR) is 54.7 cm³/mol. The molecule has 0 radical (unpaired) electrons. The molecule has 0 bridgehead atoms. The van der Waals surface area contributed by atoms with Gasteiger partial charge in [-0.05, 0) is 31.4 Å². The van der Waals surface area contributed by atoms with Crippen LogP contribution < -0.4 is 0 Å². The number of aromatic amines is 1. The highest BCUT2D eigenvalue weighted by atomic mass is 32.2. The zero-order chi connectivity index (χ0) is 9.84. The quantitative estimate of drug-likeness (QED) is 0.730. The Morgan fingerprint density at radius 2 is 2.31 bits per heavy atom. The van der Waals surface area contributed by atoms with E-state index in [-0.39, 0.29) is 0 Å². The summed E-state index contributed by atoms with van der Waals surface area (Å²) in [4.78, 5) is 14.0. The summed E-state index contributed by atoms with van der Waals surface area (Å²) in [5.41, 5.74) is 1.85. The molecule has 4 heteroatoms. The maximum Gasteiger partial charge on any atom is 0.342 e. The number of carbonyl (C=O) groups is 1. The highest BCUT2D eigenvalue weighted by Gasteiger charge is 2.05. The summed E-state index contributed by atoms with van der Waals surface area (Å²) in [6.45, 7) is 1.93. The first-order valence-corrected chi connectivity index (χ1v) is 5.00. The first kappa shape index (κ1) is 9.92. The Bertz CT molecular complexity index is 341. The molecular weight excluding hydrogens is 186 g/mol. The summed E-state index contributed by atoms with van der Waals surface area (Å²) in [7, 11) is 0. The second-order valence-electron chi connectivity index (χ2n) is 2.61. The average molecular weight is 197 g/mol. The number of carboxylic acid groups (broad SMARTS) is 1. The third kappa shape index (κ3) is 2.66. The topological polar surface area (TPSA) is 53.1 Å². The Kier molecular flexibility index (Phi) is 3.19. The molecule has 2 N–H and O–H groups in total. The van der Waals surface area contributed by atoms with Crippen molar-refractivity contribution in [1.29, 1.82) is 0 Å². The molecule has 0 aliphatic heterocycles. The lowest BCUT2D eigenvalue weighted by molar-refractivity contribution is -0.131. The molecule has 0 fully saturated rings. The van der Waals surface area contributed by atoms with Crippen LogP contribution in [0, 0.1) is 6.92 Å². The van der Waals surface area contributed by atoms with Gasteiger partial charge in [-0.3, -0.25) is 0 Å². The van der Waals surface area contributed by atoms with E-state index in [1.807, 2.05) is 19.1 Å². The number of aliphatic carboxylic acids is 1. The van der Waals surface area contributed by atoms with Crippen molar-refractivity contribution in [2.75, 3.05) is 6.26 Å².